The first-order valence-corrected chi connectivity index (χ1v) is 10.7. The highest BCUT2D eigenvalue weighted by Gasteiger charge is 2.13. The van der Waals surface area contributed by atoms with Gasteiger partial charge in [-0.3, -0.25) is 4.79 Å². The summed E-state index contributed by atoms with van der Waals surface area (Å²) < 4.78 is 37.4. The van der Waals surface area contributed by atoms with Crippen molar-refractivity contribution in [2.75, 3.05) is 26.8 Å². The van der Waals surface area contributed by atoms with Crippen molar-refractivity contribution in [2.45, 2.75) is 11.8 Å². The number of hydrogen-bond acceptors (Lipinski definition) is 5. The maximum atomic E-state index is 12.2. The summed E-state index contributed by atoms with van der Waals surface area (Å²) >= 11 is 5.81. The van der Waals surface area contributed by atoms with Gasteiger partial charge in [0.2, 0.25) is 15.9 Å². The Bertz CT molecular complexity index is 977. The Morgan fingerprint density at radius 1 is 1.14 bits per heavy atom. The summed E-state index contributed by atoms with van der Waals surface area (Å²) in [5, 5.41) is 2.95. The predicted octanol–water partition coefficient (Wildman–Crippen LogP) is 2.86. The lowest BCUT2D eigenvalue weighted by atomic mass is 10.2. The van der Waals surface area contributed by atoms with Gasteiger partial charge in [-0.25, -0.2) is 13.1 Å². The number of ether oxygens (including phenoxy) is 2. The third-order valence-corrected chi connectivity index (χ3v) is 5.43. The van der Waals surface area contributed by atoms with Crippen molar-refractivity contribution in [3.05, 3.63) is 59.1 Å². The Morgan fingerprint density at radius 2 is 1.93 bits per heavy atom. The topological polar surface area (TPSA) is 93.7 Å². The van der Waals surface area contributed by atoms with Gasteiger partial charge in [-0.05, 0) is 48.9 Å². The summed E-state index contributed by atoms with van der Waals surface area (Å²) in [5.41, 5.74) is 0.769. The Labute approximate surface area is 175 Å². The molecule has 2 aromatic carbocycles. The quantitative estimate of drug-likeness (QED) is 0.439. The molecule has 0 fully saturated rings. The van der Waals surface area contributed by atoms with Crippen LogP contribution in [-0.2, 0) is 14.8 Å². The zero-order valence-electron chi connectivity index (χ0n) is 16.1. The van der Waals surface area contributed by atoms with E-state index in [2.05, 4.69) is 10.0 Å². The van der Waals surface area contributed by atoms with Crippen LogP contribution >= 0.6 is 11.6 Å². The van der Waals surface area contributed by atoms with Crippen molar-refractivity contribution in [1.29, 1.82) is 0 Å². The van der Waals surface area contributed by atoms with Crippen molar-refractivity contribution >= 4 is 33.6 Å². The van der Waals surface area contributed by atoms with E-state index in [1.54, 1.807) is 43.5 Å². The fourth-order valence-corrected chi connectivity index (χ4v) is 3.72. The number of rotatable bonds is 10. The molecule has 0 spiro atoms. The van der Waals surface area contributed by atoms with Crippen LogP contribution in [-0.4, -0.2) is 41.1 Å². The fraction of sp³-hybridized carbons (Fsp3) is 0.250. The van der Waals surface area contributed by atoms with Crippen LogP contribution in [0.4, 0.5) is 0 Å². The standard InChI is InChI=1S/C20H23ClN2O5S/c1-3-28-19-13-15(7-9-18(19)27-2)8-10-20(24)22-11-12-23-29(25,26)17-6-4-5-16(21)14-17/h4-10,13-14,23H,3,11-12H2,1-2H3,(H,22,24)/b10-8+. The molecule has 0 bridgehead atoms. The molecule has 156 valence electrons. The normalized spacial score (nSPS) is 11.4. The summed E-state index contributed by atoms with van der Waals surface area (Å²) in [6.07, 6.45) is 3.00. The Kier molecular flexibility index (Phi) is 8.50. The highest BCUT2D eigenvalue weighted by molar-refractivity contribution is 7.89. The summed E-state index contributed by atoms with van der Waals surface area (Å²) in [7, 11) is -2.13. The van der Waals surface area contributed by atoms with E-state index in [-0.39, 0.29) is 23.9 Å². The van der Waals surface area contributed by atoms with Crippen LogP contribution in [0.1, 0.15) is 12.5 Å². The molecule has 0 aliphatic heterocycles. The maximum Gasteiger partial charge on any atom is 0.244 e. The first-order valence-electron chi connectivity index (χ1n) is 8.87. The molecule has 0 atom stereocenters. The number of carbonyl (C=O) groups is 1. The van der Waals surface area contributed by atoms with Crippen LogP contribution in [0.15, 0.2) is 53.4 Å². The van der Waals surface area contributed by atoms with Crippen molar-refractivity contribution < 1.29 is 22.7 Å². The molecule has 0 aliphatic carbocycles. The van der Waals surface area contributed by atoms with Gasteiger partial charge in [-0.1, -0.05) is 23.7 Å². The van der Waals surface area contributed by atoms with Gasteiger partial charge in [0.25, 0.3) is 0 Å². The lowest BCUT2D eigenvalue weighted by Gasteiger charge is -2.09. The number of amides is 1. The summed E-state index contributed by atoms with van der Waals surface area (Å²) in [4.78, 5) is 12.0. The minimum atomic E-state index is -3.68. The van der Waals surface area contributed by atoms with Crippen LogP contribution in [0.3, 0.4) is 0 Å². The van der Waals surface area contributed by atoms with Crippen molar-refractivity contribution in [3.63, 3.8) is 0 Å². The highest BCUT2D eigenvalue weighted by atomic mass is 35.5. The molecule has 2 rings (SSSR count). The fourth-order valence-electron chi connectivity index (χ4n) is 2.38. The molecule has 7 nitrogen and oxygen atoms in total. The molecule has 1 amide bonds. The van der Waals surface area contributed by atoms with Crippen molar-refractivity contribution in [1.82, 2.24) is 10.0 Å². The minimum absolute atomic E-state index is 0.0471. The molecule has 0 aliphatic rings. The van der Waals surface area contributed by atoms with Gasteiger partial charge >= 0.3 is 0 Å². The average Bonchev–Trinajstić information content (AvgIpc) is 2.70. The molecule has 29 heavy (non-hydrogen) atoms. The predicted molar refractivity (Wildman–Crippen MR) is 113 cm³/mol. The van der Waals surface area contributed by atoms with E-state index in [1.165, 1.54) is 18.2 Å². The van der Waals surface area contributed by atoms with Crippen LogP contribution in [0.25, 0.3) is 6.08 Å². The summed E-state index contributed by atoms with van der Waals surface area (Å²) in [6.45, 7) is 2.55. The zero-order valence-corrected chi connectivity index (χ0v) is 17.7. The third kappa shape index (κ3) is 7.08. The minimum Gasteiger partial charge on any atom is -0.493 e. The summed E-state index contributed by atoms with van der Waals surface area (Å²) in [5.74, 6) is 0.856. The number of benzene rings is 2. The molecule has 9 heteroatoms. The number of hydrogen-bond donors (Lipinski definition) is 2. The van der Waals surface area contributed by atoms with Crippen LogP contribution in [0.5, 0.6) is 11.5 Å². The van der Waals surface area contributed by atoms with Crippen LogP contribution in [0, 0.1) is 0 Å². The van der Waals surface area contributed by atoms with Crippen LogP contribution < -0.4 is 19.5 Å². The second kappa shape index (κ2) is 10.8. The number of halogens is 1. The Balaban J connectivity index is 1.85. The van der Waals surface area contributed by atoms with E-state index in [0.29, 0.717) is 23.1 Å². The molecule has 0 saturated carbocycles. The van der Waals surface area contributed by atoms with Gasteiger partial charge in [0, 0.05) is 24.2 Å². The lowest BCUT2D eigenvalue weighted by Crippen LogP contribution is -2.34. The molecule has 0 heterocycles. The number of nitrogens with one attached hydrogen (secondary N) is 2. The molecule has 0 radical (unpaired) electrons. The van der Waals surface area contributed by atoms with E-state index in [9.17, 15) is 13.2 Å². The third-order valence-electron chi connectivity index (χ3n) is 3.74. The molecular formula is C20H23ClN2O5S. The van der Waals surface area contributed by atoms with E-state index in [0.717, 1.165) is 5.56 Å². The summed E-state index contributed by atoms with van der Waals surface area (Å²) in [6, 6.07) is 11.3. The molecular weight excluding hydrogens is 416 g/mol. The smallest absolute Gasteiger partial charge is 0.244 e. The number of carbonyl (C=O) groups excluding carboxylic acids is 1. The molecule has 2 aromatic rings. The van der Waals surface area contributed by atoms with E-state index in [1.807, 2.05) is 6.92 Å². The van der Waals surface area contributed by atoms with Crippen LogP contribution in [0.2, 0.25) is 5.02 Å². The zero-order chi connectivity index (χ0) is 21.3. The van der Waals surface area contributed by atoms with Gasteiger partial charge < -0.3 is 14.8 Å². The highest BCUT2D eigenvalue weighted by Crippen LogP contribution is 2.28. The molecule has 0 aromatic heterocycles. The molecule has 2 N–H and O–H groups in total. The monoisotopic (exact) mass is 438 g/mol. The van der Waals surface area contributed by atoms with E-state index in [4.69, 9.17) is 21.1 Å². The lowest BCUT2D eigenvalue weighted by molar-refractivity contribution is -0.116. The first-order chi connectivity index (χ1) is 13.9. The second-order valence-corrected chi connectivity index (χ2v) is 8.03. The molecule has 0 saturated heterocycles. The van der Waals surface area contributed by atoms with Gasteiger partial charge in [-0.15, -0.1) is 0 Å². The van der Waals surface area contributed by atoms with E-state index >= 15 is 0 Å². The SMILES string of the molecule is CCOc1cc(/C=C/C(=O)NCCNS(=O)(=O)c2cccc(Cl)c2)ccc1OC. The van der Waals surface area contributed by atoms with Gasteiger partial charge in [-0.2, -0.15) is 0 Å². The molecule has 0 unspecified atom stereocenters. The van der Waals surface area contributed by atoms with Gasteiger partial charge in [0.05, 0.1) is 18.6 Å². The Hall–Kier alpha value is -2.55. The van der Waals surface area contributed by atoms with Gasteiger partial charge in [0.1, 0.15) is 0 Å². The Morgan fingerprint density at radius 3 is 2.62 bits per heavy atom. The largest absolute Gasteiger partial charge is 0.493 e. The van der Waals surface area contributed by atoms with Crippen molar-refractivity contribution in [3.8, 4) is 11.5 Å². The second-order valence-electron chi connectivity index (χ2n) is 5.82. The van der Waals surface area contributed by atoms with E-state index < -0.39 is 10.0 Å². The average molecular weight is 439 g/mol. The number of methoxy groups -OCH3 is 1. The van der Waals surface area contributed by atoms with Crippen molar-refractivity contribution in [2.24, 2.45) is 0 Å². The first kappa shape index (κ1) is 22.7. The van der Waals surface area contributed by atoms with Gasteiger partial charge in [0.15, 0.2) is 11.5 Å². The maximum absolute atomic E-state index is 12.2. The number of sulfonamides is 1.